The molecule has 1 N–H and O–H groups in total. The number of ketones is 1. The molecule has 5 rings (SSSR count). The molecule has 0 amide bonds. The van der Waals surface area contributed by atoms with Gasteiger partial charge in [-0.2, -0.15) is 0 Å². The monoisotopic (exact) mass is 416 g/mol. The summed E-state index contributed by atoms with van der Waals surface area (Å²) in [4.78, 5) is 37.2. The summed E-state index contributed by atoms with van der Waals surface area (Å²) in [6.45, 7) is 4.40. The molecule has 6 heteroatoms. The molecule has 4 fully saturated rings. The third-order valence-corrected chi connectivity index (χ3v) is 9.90. The number of ether oxygens (including phenoxy) is 2. The second-order valence-electron chi connectivity index (χ2n) is 10.7. The third kappa shape index (κ3) is 2.37. The van der Waals surface area contributed by atoms with Gasteiger partial charge in [0.15, 0.2) is 5.78 Å². The Hall–Kier alpha value is -1.69. The first-order chi connectivity index (χ1) is 14.2. The van der Waals surface area contributed by atoms with Crippen molar-refractivity contribution in [3.63, 3.8) is 0 Å². The van der Waals surface area contributed by atoms with Gasteiger partial charge in [-0.25, -0.2) is 0 Å². The molecule has 6 nitrogen and oxygen atoms in total. The highest BCUT2D eigenvalue weighted by atomic mass is 16.6. The Kier molecular flexibility index (Phi) is 4.32. The summed E-state index contributed by atoms with van der Waals surface area (Å²) in [5.74, 6) is -0.821. The summed E-state index contributed by atoms with van der Waals surface area (Å²) in [5.41, 5.74) is -0.204. The molecule has 4 aliphatic carbocycles. The summed E-state index contributed by atoms with van der Waals surface area (Å²) in [6, 6.07) is 0. The zero-order chi connectivity index (χ0) is 21.5. The largest absolute Gasteiger partial charge is 0.469 e. The van der Waals surface area contributed by atoms with E-state index in [1.54, 1.807) is 6.08 Å². The smallest absolute Gasteiger partial charge is 0.311 e. The Balaban J connectivity index is 1.61. The highest BCUT2D eigenvalue weighted by molar-refractivity contribution is 5.92. The molecule has 0 aromatic heterocycles. The minimum Gasteiger partial charge on any atom is -0.469 e. The van der Waals surface area contributed by atoms with Crippen molar-refractivity contribution >= 4 is 17.7 Å². The molecule has 1 aliphatic heterocycles. The molecule has 1 spiro atoms. The third-order valence-electron chi connectivity index (χ3n) is 9.90. The molecule has 8 atom stereocenters. The maximum absolute atomic E-state index is 13.0. The lowest BCUT2D eigenvalue weighted by atomic mass is 9.43. The maximum atomic E-state index is 13.0. The van der Waals surface area contributed by atoms with Crippen LogP contribution in [0, 0.1) is 34.5 Å². The normalized spacial score (nSPS) is 49.7. The summed E-state index contributed by atoms with van der Waals surface area (Å²) in [5, 5.41) is 11.4. The van der Waals surface area contributed by atoms with E-state index in [1.807, 2.05) is 0 Å². The van der Waals surface area contributed by atoms with Crippen molar-refractivity contribution in [1.82, 2.24) is 0 Å². The maximum Gasteiger partial charge on any atom is 0.311 e. The number of methoxy groups -OCH3 is 1. The first kappa shape index (κ1) is 20.2. The number of esters is 2. The van der Waals surface area contributed by atoms with Crippen LogP contribution in [0.3, 0.4) is 0 Å². The average molecular weight is 417 g/mol. The van der Waals surface area contributed by atoms with Crippen LogP contribution in [0.2, 0.25) is 0 Å². The van der Waals surface area contributed by atoms with Gasteiger partial charge in [-0.1, -0.05) is 13.8 Å². The van der Waals surface area contributed by atoms with Crippen molar-refractivity contribution < 1.29 is 29.0 Å². The number of aliphatic hydroxyl groups is 1. The van der Waals surface area contributed by atoms with Crippen molar-refractivity contribution in [2.24, 2.45) is 34.5 Å². The zero-order valence-corrected chi connectivity index (χ0v) is 18.1. The summed E-state index contributed by atoms with van der Waals surface area (Å²) in [6.07, 6.45) is 6.57. The van der Waals surface area contributed by atoms with Crippen LogP contribution in [-0.2, 0) is 23.9 Å². The van der Waals surface area contributed by atoms with Crippen LogP contribution in [0.5, 0.6) is 0 Å². The topological polar surface area (TPSA) is 89.9 Å². The second kappa shape index (κ2) is 6.41. The van der Waals surface area contributed by atoms with Crippen molar-refractivity contribution in [3.05, 3.63) is 11.6 Å². The van der Waals surface area contributed by atoms with Crippen molar-refractivity contribution in [3.8, 4) is 0 Å². The van der Waals surface area contributed by atoms with E-state index in [4.69, 9.17) is 9.47 Å². The Labute approximate surface area is 177 Å². The van der Waals surface area contributed by atoms with E-state index in [-0.39, 0.29) is 40.3 Å². The molecule has 5 aliphatic rings. The van der Waals surface area contributed by atoms with E-state index in [0.29, 0.717) is 19.3 Å². The molecule has 30 heavy (non-hydrogen) atoms. The van der Waals surface area contributed by atoms with E-state index in [1.165, 1.54) is 7.11 Å². The predicted octanol–water partition coefficient (Wildman–Crippen LogP) is 2.96. The lowest BCUT2D eigenvalue weighted by Gasteiger charge is -2.61. The van der Waals surface area contributed by atoms with Gasteiger partial charge in [0, 0.05) is 18.3 Å². The van der Waals surface area contributed by atoms with Gasteiger partial charge in [0.1, 0.15) is 5.60 Å². The van der Waals surface area contributed by atoms with Crippen molar-refractivity contribution in [2.45, 2.75) is 76.9 Å². The zero-order valence-electron chi connectivity index (χ0n) is 18.1. The van der Waals surface area contributed by atoms with Gasteiger partial charge in [-0.05, 0) is 73.3 Å². The van der Waals surface area contributed by atoms with E-state index >= 15 is 0 Å². The van der Waals surface area contributed by atoms with Gasteiger partial charge in [0.2, 0.25) is 0 Å². The first-order valence-corrected chi connectivity index (χ1v) is 11.4. The number of fused-ring (bicyclic) bond motifs is 6. The molecule has 0 aromatic rings. The molecule has 0 aromatic carbocycles. The van der Waals surface area contributed by atoms with Gasteiger partial charge in [0.25, 0.3) is 0 Å². The number of aliphatic hydroxyl groups excluding tert-OH is 1. The fourth-order valence-corrected chi connectivity index (χ4v) is 8.32. The van der Waals surface area contributed by atoms with Gasteiger partial charge < -0.3 is 14.6 Å². The lowest BCUT2D eigenvalue weighted by molar-refractivity contribution is -0.185. The lowest BCUT2D eigenvalue weighted by Crippen LogP contribution is -2.61. The Morgan fingerprint density at radius 2 is 1.83 bits per heavy atom. The number of rotatable bonds is 1. The second-order valence-corrected chi connectivity index (χ2v) is 10.7. The number of carbonyl (C=O) groups is 3. The fourth-order valence-electron chi connectivity index (χ4n) is 8.32. The van der Waals surface area contributed by atoms with Crippen LogP contribution in [0.25, 0.3) is 0 Å². The van der Waals surface area contributed by atoms with Crippen LogP contribution in [0.15, 0.2) is 11.6 Å². The van der Waals surface area contributed by atoms with Crippen LogP contribution < -0.4 is 0 Å². The quantitative estimate of drug-likeness (QED) is 0.661. The number of hydrogen-bond donors (Lipinski definition) is 1. The highest BCUT2D eigenvalue weighted by Crippen LogP contribution is 2.70. The molecule has 0 unspecified atom stereocenters. The minimum absolute atomic E-state index is 0.0296. The standard InChI is InChI=1S/C24H32O6/c1-22-8-4-13(25)12-16(22)20(27)19(21(28)29-3)18-14(22)5-9-23(2)15(18)6-10-24(23)11-7-17(26)30-24/h12,14-15,18-20,27H,4-11H2,1-3H3/t14-,15-,18+,19-,20-,22+,23-,24+/m0/s1. The Morgan fingerprint density at radius 1 is 1.10 bits per heavy atom. The minimum atomic E-state index is -1.00. The summed E-state index contributed by atoms with van der Waals surface area (Å²) >= 11 is 0. The SMILES string of the molecule is COC(=O)[C@H]1[C@@H]2[C@H](CC[C@@]3(C)[C@H]2CC[C@@]32CCC(=O)O2)[C@@]2(C)CCC(=O)C=C2[C@@H]1O. The van der Waals surface area contributed by atoms with E-state index < -0.39 is 23.6 Å². The van der Waals surface area contributed by atoms with Gasteiger partial charge in [-0.15, -0.1) is 0 Å². The first-order valence-electron chi connectivity index (χ1n) is 11.4. The molecule has 164 valence electrons. The Morgan fingerprint density at radius 3 is 2.50 bits per heavy atom. The van der Waals surface area contributed by atoms with Crippen LogP contribution >= 0.6 is 0 Å². The summed E-state index contributed by atoms with van der Waals surface area (Å²) in [7, 11) is 1.37. The van der Waals surface area contributed by atoms with Gasteiger partial charge in [-0.3, -0.25) is 14.4 Å². The van der Waals surface area contributed by atoms with Gasteiger partial charge in [0.05, 0.1) is 19.1 Å². The highest BCUT2D eigenvalue weighted by Gasteiger charge is 2.70. The Bertz CT molecular complexity index is 847. The number of hydrogen-bond acceptors (Lipinski definition) is 6. The average Bonchev–Trinajstić information content (AvgIpc) is 3.23. The molecule has 0 radical (unpaired) electrons. The molecule has 1 saturated heterocycles. The van der Waals surface area contributed by atoms with Crippen LogP contribution in [0.4, 0.5) is 0 Å². The molecule has 0 bridgehead atoms. The number of carbonyl (C=O) groups excluding carboxylic acids is 3. The van der Waals surface area contributed by atoms with Crippen molar-refractivity contribution in [1.29, 1.82) is 0 Å². The van der Waals surface area contributed by atoms with Crippen molar-refractivity contribution in [2.75, 3.05) is 7.11 Å². The van der Waals surface area contributed by atoms with E-state index in [2.05, 4.69) is 13.8 Å². The van der Waals surface area contributed by atoms with Crippen LogP contribution in [-0.4, -0.2) is 41.6 Å². The van der Waals surface area contributed by atoms with E-state index in [0.717, 1.165) is 37.7 Å². The molecular formula is C24H32O6. The van der Waals surface area contributed by atoms with Crippen LogP contribution in [0.1, 0.15) is 65.2 Å². The molecule has 3 saturated carbocycles. The fraction of sp³-hybridized carbons (Fsp3) is 0.792. The molecular weight excluding hydrogens is 384 g/mol. The van der Waals surface area contributed by atoms with E-state index in [9.17, 15) is 19.5 Å². The predicted molar refractivity (Wildman–Crippen MR) is 107 cm³/mol. The molecule has 1 heterocycles. The van der Waals surface area contributed by atoms with Gasteiger partial charge >= 0.3 is 11.9 Å². The summed E-state index contributed by atoms with van der Waals surface area (Å²) < 4.78 is 11.2.